The molecule has 0 bridgehead atoms. The van der Waals surface area contributed by atoms with Crippen molar-refractivity contribution in [2.24, 2.45) is 0 Å². The van der Waals surface area contributed by atoms with Crippen molar-refractivity contribution < 1.29 is 5.11 Å². The smallest absolute Gasteiger partial charge is 0.0615 e. The number of aliphatic hydroxyl groups is 1. The third-order valence-corrected chi connectivity index (χ3v) is 2.18. The van der Waals surface area contributed by atoms with E-state index in [4.69, 9.17) is 5.11 Å². The molecule has 0 unspecified atom stereocenters. The maximum atomic E-state index is 8.68. The first kappa shape index (κ1) is 8.54. The molecule has 1 aliphatic rings. The second-order valence-electron chi connectivity index (χ2n) is 3.13. The van der Waals surface area contributed by atoms with Gasteiger partial charge in [0, 0.05) is 0 Å². The highest BCUT2D eigenvalue weighted by atomic mass is 16.2. The van der Waals surface area contributed by atoms with Crippen LogP contribution in [0.25, 0.3) is 0 Å². The lowest BCUT2D eigenvalue weighted by Gasteiger charge is -2.00. The third-order valence-electron chi connectivity index (χ3n) is 2.18. The van der Waals surface area contributed by atoms with Crippen LogP contribution in [0.5, 0.6) is 0 Å². The van der Waals surface area contributed by atoms with Crippen LogP contribution in [-0.4, -0.2) is 11.7 Å². The van der Waals surface area contributed by atoms with Crippen molar-refractivity contribution in [3.63, 3.8) is 0 Å². The molecule has 0 amide bonds. The quantitative estimate of drug-likeness (QED) is 0.572. The summed E-state index contributed by atoms with van der Waals surface area (Å²) in [6.07, 6.45) is 8.86. The van der Waals surface area contributed by atoms with Crippen molar-refractivity contribution in [1.82, 2.24) is 0 Å². The van der Waals surface area contributed by atoms with Gasteiger partial charge < -0.3 is 5.11 Å². The Labute approximate surface area is 68.4 Å². The number of rotatable bonds is 1. The molecule has 0 saturated heterocycles. The first-order valence-electron chi connectivity index (χ1n) is 4.27. The van der Waals surface area contributed by atoms with Crippen LogP contribution in [0.15, 0.2) is 23.3 Å². The Morgan fingerprint density at radius 3 is 3.00 bits per heavy atom. The molecule has 1 aliphatic carbocycles. The largest absolute Gasteiger partial charge is 0.392 e. The van der Waals surface area contributed by atoms with Crippen molar-refractivity contribution in [1.29, 1.82) is 0 Å². The van der Waals surface area contributed by atoms with E-state index in [1.807, 2.05) is 6.08 Å². The third kappa shape index (κ3) is 2.89. The molecule has 1 nitrogen and oxygen atoms in total. The average Bonchev–Trinajstić information content (AvgIpc) is 2.17. The van der Waals surface area contributed by atoms with Gasteiger partial charge in [0.05, 0.1) is 6.61 Å². The standard InChI is InChI=1S/C10H16O/c1-9-3-2-4-10(6-5-9)7-8-11/h3,7,11H,2,4-6,8H2,1H3/b10-7+. The van der Waals surface area contributed by atoms with E-state index in [1.54, 1.807) is 0 Å². The van der Waals surface area contributed by atoms with E-state index in [2.05, 4.69) is 13.0 Å². The maximum Gasteiger partial charge on any atom is 0.0615 e. The van der Waals surface area contributed by atoms with Crippen LogP contribution in [-0.2, 0) is 0 Å². The van der Waals surface area contributed by atoms with Gasteiger partial charge in [-0.05, 0) is 32.6 Å². The molecule has 0 atom stereocenters. The van der Waals surface area contributed by atoms with Gasteiger partial charge in [0.15, 0.2) is 0 Å². The van der Waals surface area contributed by atoms with Gasteiger partial charge >= 0.3 is 0 Å². The predicted molar refractivity (Wildman–Crippen MR) is 47.4 cm³/mol. The Bertz CT molecular complexity index is 177. The van der Waals surface area contributed by atoms with E-state index in [9.17, 15) is 0 Å². The molecule has 0 spiro atoms. The lowest BCUT2D eigenvalue weighted by molar-refractivity contribution is 0.341. The maximum absolute atomic E-state index is 8.68. The molecule has 1 rings (SSSR count). The summed E-state index contributed by atoms with van der Waals surface area (Å²) < 4.78 is 0. The Morgan fingerprint density at radius 1 is 1.45 bits per heavy atom. The number of aliphatic hydroxyl groups excluding tert-OH is 1. The normalized spacial score (nSPS) is 23.1. The average molecular weight is 152 g/mol. The van der Waals surface area contributed by atoms with Gasteiger partial charge in [-0.3, -0.25) is 0 Å². The fourth-order valence-electron chi connectivity index (χ4n) is 1.42. The van der Waals surface area contributed by atoms with E-state index < -0.39 is 0 Å². The molecule has 0 radical (unpaired) electrons. The molecule has 1 N–H and O–H groups in total. The molecule has 1 heteroatoms. The Hall–Kier alpha value is -0.560. The SMILES string of the molecule is CC1=CCC/C(=C\CO)CC1. The van der Waals surface area contributed by atoms with Gasteiger partial charge in [0.2, 0.25) is 0 Å². The van der Waals surface area contributed by atoms with Crippen molar-refractivity contribution in [3.05, 3.63) is 23.3 Å². The Morgan fingerprint density at radius 2 is 2.27 bits per heavy atom. The summed E-state index contributed by atoms with van der Waals surface area (Å²) in [5.74, 6) is 0. The number of hydrogen-bond acceptors (Lipinski definition) is 1. The van der Waals surface area contributed by atoms with E-state index in [0.717, 1.165) is 19.3 Å². The highest BCUT2D eigenvalue weighted by molar-refractivity contribution is 5.12. The fraction of sp³-hybridized carbons (Fsp3) is 0.600. The van der Waals surface area contributed by atoms with Crippen LogP contribution >= 0.6 is 0 Å². The van der Waals surface area contributed by atoms with Crippen LogP contribution in [0.3, 0.4) is 0 Å². The monoisotopic (exact) mass is 152 g/mol. The Kier molecular flexibility index (Phi) is 3.37. The second-order valence-corrected chi connectivity index (χ2v) is 3.13. The van der Waals surface area contributed by atoms with Crippen molar-refractivity contribution in [2.45, 2.75) is 32.6 Å². The first-order chi connectivity index (χ1) is 5.33. The molecule has 62 valence electrons. The van der Waals surface area contributed by atoms with E-state index in [-0.39, 0.29) is 6.61 Å². The lowest BCUT2D eigenvalue weighted by atomic mass is 10.1. The van der Waals surface area contributed by atoms with Gasteiger partial charge in [-0.15, -0.1) is 0 Å². The van der Waals surface area contributed by atoms with Gasteiger partial charge in [-0.25, -0.2) is 0 Å². The van der Waals surface area contributed by atoms with E-state index in [0.29, 0.717) is 0 Å². The zero-order valence-electron chi connectivity index (χ0n) is 7.14. The van der Waals surface area contributed by atoms with Crippen LogP contribution in [0.4, 0.5) is 0 Å². The summed E-state index contributed by atoms with van der Waals surface area (Å²) >= 11 is 0. The molecule has 0 aromatic carbocycles. The van der Waals surface area contributed by atoms with Crippen molar-refractivity contribution in [3.8, 4) is 0 Å². The number of hydrogen-bond donors (Lipinski definition) is 1. The number of allylic oxidation sites excluding steroid dienone is 3. The molecular formula is C10H16O. The van der Waals surface area contributed by atoms with Crippen molar-refractivity contribution >= 4 is 0 Å². The molecule has 0 aromatic heterocycles. The minimum absolute atomic E-state index is 0.203. The summed E-state index contributed by atoms with van der Waals surface area (Å²) in [7, 11) is 0. The summed E-state index contributed by atoms with van der Waals surface area (Å²) in [6.45, 7) is 2.39. The lowest BCUT2D eigenvalue weighted by Crippen LogP contribution is -1.84. The molecule has 0 fully saturated rings. The molecule has 0 heterocycles. The zero-order valence-corrected chi connectivity index (χ0v) is 7.14. The second kappa shape index (κ2) is 4.35. The minimum Gasteiger partial charge on any atom is -0.392 e. The van der Waals surface area contributed by atoms with Gasteiger partial charge in [-0.1, -0.05) is 23.3 Å². The first-order valence-corrected chi connectivity index (χ1v) is 4.27. The fourth-order valence-corrected chi connectivity index (χ4v) is 1.42. The summed E-state index contributed by atoms with van der Waals surface area (Å²) in [6, 6.07) is 0. The predicted octanol–water partition coefficient (Wildman–Crippen LogP) is 2.43. The van der Waals surface area contributed by atoms with E-state index in [1.165, 1.54) is 17.6 Å². The summed E-state index contributed by atoms with van der Waals surface area (Å²) in [5.41, 5.74) is 2.91. The van der Waals surface area contributed by atoms with Crippen LogP contribution in [0.1, 0.15) is 32.6 Å². The van der Waals surface area contributed by atoms with Gasteiger partial charge in [0.1, 0.15) is 0 Å². The van der Waals surface area contributed by atoms with Crippen LogP contribution < -0.4 is 0 Å². The molecule has 0 aromatic rings. The highest BCUT2D eigenvalue weighted by Gasteiger charge is 2.02. The highest BCUT2D eigenvalue weighted by Crippen LogP contribution is 2.21. The van der Waals surface area contributed by atoms with Crippen LogP contribution in [0, 0.1) is 0 Å². The molecular weight excluding hydrogens is 136 g/mol. The van der Waals surface area contributed by atoms with Gasteiger partial charge in [0.25, 0.3) is 0 Å². The molecule has 0 saturated carbocycles. The molecule has 0 aliphatic heterocycles. The summed E-state index contributed by atoms with van der Waals surface area (Å²) in [5, 5.41) is 8.68. The Balaban J connectivity index is 2.47. The zero-order chi connectivity index (χ0) is 8.10. The topological polar surface area (TPSA) is 20.2 Å². The van der Waals surface area contributed by atoms with Crippen LogP contribution in [0.2, 0.25) is 0 Å². The summed E-state index contributed by atoms with van der Waals surface area (Å²) in [4.78, 5) is 0. The molecule has 11 heavy (non-hydrogen) atoms. The van der Waals surface area contributed by atoms with Crippen molar-refractivity contribution in [2.75, 3.05) is 6.61 Å². The van der Waals surface area contributed by atoms with E-state index >= 15 is 0 Å². The van der Waals surface area contributed by atoms with Gasteiger partial charge in [-0.2, -0.15) is 0 Å². The minimum atomic E-state index is 0.203.